The SMILES string of the molecule is CCNC(CC)Cc1ccc2c(c1)nc(C)n2C. The fourth-order valence-electron chi connectivity index (χ4n) is 2.43. The van der Waals surface area contributed by atoms with Gasteiger partial charge in [0.05, 0.1) is 11.0 Å². The summed E-state index contributed by atoms with van der Waals surface area (Å²) in [6.07, 6.45) is 2.24. The molecule has 2 aromatic rings. The van der Waals surface area contributed by atoms with Crippen LogP contribution in [-0.2, 0) is 13.5 Å². The molecule has 0 saturated heterocycles. The number of hydrogen-bond acceptors (Lipinski definition) is 2. The molecular formula is C15H23N3. The minimum atomic E-state index is 0.567. The maximum atomic E-state index is 4.60. The Morgan fingerprint density at radius 1 is 1.33 bits per heavy atom. The van der Waals surface area contributed by atoms with Crippen LogP contribution in [0.2, 0.25) is 0 Å². The van der Waals surface area contributed by atoms with Gasteiger partial charge in [-0.3, -0.25) is 0 Å². The van der Waals surface area contributed by atoms with Gasteiger partial charge in [-0.1, -0.05) is 19.9 Å². The maximum Gasteiger partial charge on any atom is 0.106 e. The maximum absolute atomic E-state index is 4.60. The number of aryl methyl sites for hydroxylation is 2. The summed E-state index contributed by atoms with van der Waals surface area (Å²) in [5.74, 6) is 1.07. The van der Waals surface area contributed by atoms with Crippen molar-refractivity contribution in [1.82, 2.24) is 14.9 Å². The number of nitrogens with one attached hydrogen (secondary N) is 1. The zero-order valence-corrected chi connectivity index (χ0v) is 11.8. The molecule has 3 heteroatoms. The summed E-state index contributed by atoms with van der Waals surface area (Å²) in [6, 6.07) is 7.20. The van der Waals surface area contributed by atoms with Crippen molar-refractivity contribution in [2.24, 2.45) is 7.05 Å². The number of benzene rings is 1. The van der Waals surface area contributed by atoms with E-state index in [9.17, 15) is 0 Å². The van der Waals surface area contributed by atoms with Crippen LogP contribution < -0.4 is 5.32 Å². The Labute approximate surface area is 109 Å². The van der Waals surface area contributed by atoms with E-state index in [4.69, 9.17) is 0 Å². The van der Waals surface area contributed by atoms with Crippen molar-refractivity contribution < 1.29 is 0 Å². The second-order valence-corrected chi connectivity index (χ2v) is 4.91. The third-order valence-electron chi connectivity index (χ3n) is 3.64. The summed E-state index contributed by atoms with van der Waals surface area (Å²) < 4.78 is 2.14. The minimum Gasteiger partial charge on any atom is -0.331 e. The molecule has 0 aliphatic heterocycles. The summed E-state index contributed by atoms with van der Waals surface area (Å²) in [5, 5.41) is 3.52. The van der Waals surface area contributed by atoms with Crippen molar-refractivity contribution in [2.75, 3.05) is 6.54 Å². The molecule has 0 saturated carbocycles. The number of rotatable bonds is 5. The molecule has 1 atom stereocenters. The van der Waals surface area contributed by atoms with Gasteiger partial charge in [0.1, 0.15) is 5.82 Å². The van der Waals surface area contributed by atoms with E-state index in [1.807, 2.05) is 6.92 Å². The van der Waals surface area contributed by atoms with Crippen LogP contribution >= 0.6 is 0 Å². The molecule has 0 aliphatic rings. The first-order valence-corrected chi connectivity index (χ1v) is 6.81. The van der Waals surface area contributed by atoms with E-state index in [0.29, 0.717) is 6.04 Å². The van der Waals surface area contributed by atoms with Gasteiger partial charge in [-0.05, 0) is 44.0 Å². The molecule has 2 rings (SSSR count). The highest BCUT2D eigenvalue weighted by molar-refractivity contribution is 5.76. The van der Waals surface area contributed by atoms with Crippen molar-refractivity contribution in [3.63, 3.8) is 0 Å². The van der Waals surface area contributed by atoms with Gasteiger partial charge in [0.25, 0.3) is 0 Å². The number of likely N-dealkylation sites (N-methyl/N-ethyl adjacent to an activating group) is 1. The van der Waals surface area contributed by atoms with Gasteiger partial charge in [0, 0.05) is 13.1 Å². The summed E-state index contributed by atoms with van der Waals surface area (Å²) in [5.41, 5.74) is 3.69. The van der Waals surface area contributed by atoms with Crippen molar-refractivity contribution in [2.45, 2.75) is 39.7 Å². The molecule has 0 amide bonds. The fourth-order valence-corrected chi connectivity index (χ4v) is 2.43. The average molecular weight is 245 g/mol. The Balaban J connectivity index is 2.24. The summed E-state index contributed by atoms with van der Waals surface area (Å²) >= 11 is 0. The molecule has 0 spiro atoms. The number of nitrogens with zero attached hydrogens (tertiary/aromatic N) is 2. The van der Waals surface area contributed by atoms with Crippen LogP contribution in [0.15, 0.2) is 18.2 Å². The first kappa shape index (κ1) is 13.1. The van der Waals surface area contributed by atoms with E-state index in [-0.39, 0.29) is 0 Å². The van der Waals surface area contributed by atoms with Gasteiger partial charge in [-0.2, -0.15) is 0 Å². The van der Waals surface area contributed by atoms with Crippen LogP contribution in [0, 0.1) is 6.92 Å². The summed E-state index contributed by atoms with van der Waals surface area (Å²) in [4.78, 5) is 4.60. The number of imidazole rings is 1. The van der Waals surface area contributed by atoms with Crippen molar-refractivity contribution in [3.05, 3.63) is 29.6 Å². The topological polar surface area (TPSA) is 29.9 Å². The third kappa shape index (κ3) is 2.56. The standard InChI is InChI=1S/C15H23N3/c1-5-13(16-6-2)9-12-7-8-15-14(10-12)17-11(3)18(15)4/h7-8,10,13,16H,5-6,9H2,1-4H3. The van der Waals surface area contributed by atoms with Gasteiger partial charge in [0.2, 0.25) is 0 Å². The Morgan fingerprint density at radius 3 is 2.78 bits per heavy atom. The largest absolute Gasteiger partial charge is 0.331 e. The Morgan fingerprint density at radius 2 is 2.11 bits per heavy atom. The van der Waals surface area contributed by atoms with Crippen LogP contribution in [0.1, 0.15) is 31.7 Å². The fraction of sp³-hybridized carbons (Fsp3) is 0.533. The minimum absolute atomic E-state index is 0.567. The molecule has 0 aliphatic carbocycles. The molecular weight excluding hydrogens is 222 g/mol. The number of aromatic nitrogens is 2. The van der Waals surface area contributed by atoms with Crippen molar-refractivity contribution in [3.8, 4) is 0 Å². The molecule has 18 heavy (non-hydrogen) atoms. The van der Waals surface area contributed by atoms with E-state index in [0.717, 1.165) is 30.7 Å². The Kier molecular flexibility index (Phi) is 4.02. The normalized spacial score (nSPS) is 13.1. The predicted molar refractivity (Wildman–Crippen MR) is 76.9 cm³/mol. The van der Waals surface area contributed by atoms with Gasteiger partial charge in [-0.25, -0.2) is 4.98 Å². The molecule has 0 bridgehead atoms. The lowest BCUT2D eigenvalue weighted by atomic mass is 10.0. The molecule has 1 N–H and O–H groups in total. The molecule has 1 unspecified atom stereocenters. The molecule has 0 radical (unpaired) electrons. The van der Waals surface area contributed by atoms with Crippen molar-refractivity contribution >= 4 is 11.0 Å². The van der Waals surface area contributed by atoms with Crippen LogP contribution in [0.25, 0.3) is 11.0 Å². The van der Waals surface area contributed by atoms with E-state index >= 15 is 0 Å². The van der Waals surface area contributed by atoms with Crippen LogP contribution in [-0.4, -0.2) is 22.1 Å². The molecule has 1 heterocycles. The first-order chi connectivity index (χ1) is 8.65. The zero-order valence-electron chi connectivity index (χ0n) is 11.8. The van der Waals surface area contributed by atoms with Crippen LogP contribution in [0.3, 0.4) is 0 Å². The quantitative estimate of drug-likeness (QED) is 0.878. The Hall–Kier alpha value is -1.35. The van der Waals surface area contributed by atoms with Crippen LogP contribution in [0.5, 0.6) is 0 Å². The molecule has 0 fully saturated rings. The molecule has 1 aromatic carbocycles. The van der Waals surface area contributed by atoms with Gasteiger partial charge in [-0.15, -0.1) is 0 Å². The van der Waals surface area contributed by atoms with Gasteiger partial charge < -0.3 is 9.88 Å². The van der Waals surface area contributed by atoms with Crippen LogP contribution in [0.4, 0.5) is 0 Å². The first-order valence-electron chi connectivity index (χ1n) is 6.81. The van der Waals surface area contributed by atoms with E-state index in [2.05, 4.69) is 54.0 Å². The lowest BCUT2D eigenvalue weighted by Gasteiger charge is -2.15. The van der Waals surface area contributed by atoms with E-state index in [1.54, 1.807) is 0 Å². The van der Waals surface area contributed by atoms with Crippen molar-refractivity contribution in [1.29, 1.82) is 0 Å². The summed E-state index contributed by atoms with van der Waals surface area (Å²) in [6.45, 7) is 7.47. The van der Waals surface area contributed by atoms with E-state index in [1.165, 1.54) is 11.1 Å². The highest BCUT2D eigenvalue weighted by Crippen LogP contribution is 2.17. The smallest absolute Gasteiger partial charge is 0.106 e. The molecule has 1 aromatic heterocycles. The lowest BCUT2D eigenvalue weighted by molar-refractivity contribution is 0.510. The Bertz CT molecular complexity index is 528. The van der Waals surface area contributed by atoms with Gasteiger partial charge >= 0.3 is 0 Å². The monoisotopic (exact) mass is 245 g/mol. The highest BCUT2D eigenvalue weighted by atomic mass is 15.0. The number of fused-ring (bicyclic) bond motifs is 1. The predicted octanol–water partition coefficient (Wildman–Crippen LogP) is 2.81. The molecule has 98 valence electrons. The highest BCUT2D eigenvalue weighted by Gasteiger charge is 2.08. The van der Waals surface area contributed by atoms with E-state index < -0.39 is 0 Å². The molecule has 3 nitrogen and oxygen atoms in total. The van der Waals surface area contributed by atoms with Gasteiger partial charge in [0.15, 0.2) is 0 Å². The lowest BCUT2D eigenvalue weighted by Crippen LogP contribution is -2.30. The zero-order chi connectivity index (χ0) is 13.1. The third-order valence-corrected chi connectivity index (χ3v) is 3.64. The number of hydrogen-bond donors (Lipinski definition) is 1. The summed E-state index contributed by atoms with van der Waals surface area (Å²) in [7, 11) is 2.07. The second kappa shape index (κ2) is 5.53. The second-order valence-electron chi connectivity index (χ2n) is 4.91. The average Bonchev–Trinajstić information content (AvgIpc) is 2.64.